The monoisotopic (exact) mass is 312 g/mol. The second-order valence-corrected chi connectivity index (χ2v) is 5.61. The second kappa shape index (κ2) is 10.7. The highest BCUT2D eigenvalue weighted by Crippen LogP contribution is 2.23. The van der Waals surface area contributed by atoms with E-state index in [-0.39, 0.29) is 0 Å². The first kappa shape index (κ1) is 17.4. The molecular formula is C20H28N2O. The van der Waals surface area contributed by atoms with Crippen molar-refractivity contribution in [2.45, 2.75) is 26.2 Å². The molecule has 0 radical (unpaired) electrons. The lowest BCUT2D eigenvalue weighted by atomic mass is 10.1. The number of anilines is 1. The Labute approximate surface area is 140 Å². The van der Waals surface area contributed by atoms with Crippen LogP contribution in [0.5, 0.6) is 5.75 Å². The molecule has 0 aliphatic rings. The Morgan fingerprint density at radius 3 is 2.48 bits per heavy atom. The lowest BCUT2D eigenvalue weighted by Crippen LogP contribution is -2.24. The molecule has 2 aromatic carbocycles. The van der Waals surface area contributed by atoms with Gasteiger partial charge in [-0.3, -0.25) is 0 Å². The number of nitrogens with one attached hydrogen (secondary N) is 2. The summed E-state index contributed by atoms with van der Waals surface area (Å²) < 4.78 is 5.83. The maximum absolute atomic E-state index is 5.83. The summed E-state index contributed by atoms with van der Waals surface area (Å²) in [6, 6.07) is 18.7. The van der Waals surface area contributed by atoms with E-state index in [9.17, 15) is 0 Å². The predicted molar refractivity (Wildman–Crippen MR) is 98.4 cm³/mol. The van der Waals surface area contributed by atoms with E-state index in [2.05, 4.69) is 54.0 Å². The van der Waals surface area contributed by atoms with Crippen molar-refractivity contribution in [2.24, 2.45) is 0 Å². The molecule has 3 nitrogen and oxygen atoms in total. The SMILES string of the molecule is CCCCOc1ccccc1NCCNCCc1ccccc1. The first-order valence-electron chi connectivity index (χ1n) is 8.60. The number of unbranched alkanes of at least 4 members (excludes halogenated alkanes) is 1. The van der Waals surface area contributed by atoms with Gasteiger partial charge in [0.25, 0.3) is 0 Å². The van der Waals surface area contributed by atoms with Crippen molar-refractivity contribution in [1.82, 2.24) is 5.32 Å². The summed E-state index contributed by atoms with van der Waals surface area (Å²) in [6.45, 7) is 5.79. The second-order valence-electron chi connectivity index (χ2n) is 5.61. The van der Waals surface area contributed by atoms with Crippen molar-refractivity contribution in [2.75, 3.05) is 31.6 Å². The van der Waals surface area contributed by atoms with Gasteiger partial charge in [0.2, 0.25) is 0 Å². The highest BCUT2D eigenvalue weighted by molar-refractivity contribution is 5.56. The highest BCUT2D eigenvalue weighted by atomic mass is 16.5. The topological polar surface area (TPSA) is 33.3 Å². The summed E-state index contributed by atoms with van der Waals surface area (Å²) in [5.41, 5.74) is 2.45. The van der Waals surface area contributed by atoms with E-state index in [0.717, 1.165) is 56.9 Å². The summed E-state index contributed by atoms with van der Waals surface area (Å²) in [5.74, 6) is 0.949. The Kier molecular flexibility index (Phi) is 8.06. The van der Waals surface area contributed by atoms with Crippen LogP contribution in [0.2, 0.25) is 0 Å². The minimum Gasteiger partial charge on any atom is -0.491 e. The van der Waals surface area contributed by atoms with E-state index < -0.39 is 0 Å². The van der Waals surface area contributed by atoms with Crippen LogP contribution in [-0.4, -0.2) is 26.2 Å². The molecule has 0 aliphatic heterocycles. The van der Waals surface area contributed by atoms with Gasteiger partial charge >= 0.3 is 0 Å². The fourth-order valence-corrected chi connectivity index (χ4v) is 2.35. The van der Waals surface area contributed by atoms with E-state index in [4.69, 9.17) is 4.74 Å². The van der Waals surface area contributed by atoms with E-state index in [1.165, 1.54) is 5.56 Å². The average molecular weight is 312 g/mol. The third-order valence-corrected chi connectivity index (χ3v) is 3.69. The molecule has 0 heterocycles. The van der Waals surface area contributed by atoms with E-state index >= 15 is 0 Å². The Balaban J connectivity index is 1.64. The zero-order chi connectivity index (χ0) is 16.2. The number of hydrogen-bond acceptors (Lipinski definition) is 3. The summed E-state index contributed by atoms with van der Waals surface area (Å²) in [4.78, 5) is 0. The molecular weight excluding hydrogens is 284 g/mol. The molecule has 0 saturated carbocycles. The zero-order valence-corrected chi connectivity index (χ0v) is 14.1. The molecule has 2 rings (SSSR count). The normalized spacial score (nSPS) is 10.5. The third-order valence-electron chi connectivity index (χ3n) is 3.69. The molecule has 0 unspecified atom stereocenters. The van der Waals surface area contributed by atoms with Crippen molar-refractivity contribution in [3.63, 3.8) is 0 Å². The van der Waals surface area contributed by atoms with Gasteiger partial charge in [-0.2, -0.15) is 0 Å². The van der Waals surface area contributed by atoms with Crippen molar-refractivity contribution in [3.8, 4) is 5.75 Å². The van der Waals surface area contributed by atoms with Gasteiger partial charge in [0.1, 0.15) is 5.75 Å². The smallest absolute Gasteiger partial charge is 0.142 e. The van der Waals surface area contributed by atoms with Gasteiger partial charge in [0, 0.05) is 13.1 Å². The summed E-state index contributed by atoms with van der Waals surface area (Å²) in [6.07, 6.45) is 3.31. The number of hydrogen-bond donors (Lipinski definition) is 2. The van der Waals surface area contributed by atoms with Gasteiger partial charge < -0.3 is 15.4 Å². The Hall–Kier alpha value is -2.00. The molecule has 124 valence electrons. The van der Waals surface area contributed by atoms with Crippen molar-refractivity contribution in [3.05, 3.63) is 60.2 Å². The zero-order valence-electron chi connectivity index (χ0n) is 14.1. The number of ether oxygens (including phenoxy) is 1. The van der Waals surface area contributed by atoms with Crippen LogP contribution >= 0.6 is 0 Å². The van der Waals surface area contributed by atoms with Gasteiger partial charge in [-0.25, -0.2) is 0 Å². The standard InChI is InChI=1S/C20H28N2O/c1-2-3-17-23-20-12-8-7-11-19(20)22-16-15-21-14-13-18-9-5-4-6-10-18/h4-12,21-22H,2-3,13-17H2,1H3. The first-order valence-corrected chi connectivity index (χ1v) is 8.60. The van der Waals surface area contributed by atoms with E-state index in [1.807, 2.05) is 18.2 Å². The van der Waals surface area contributed by atoms with Crippen LogP contribution in [0.4, 0.5) is 5.69 Å². The minimum atomic E-state index is 0.782. The van der Waals surface area contributed by atoms with Crippen LogP contribution in [0.25, 0.3) is 0 Å². The first-order chi connectivity index (χ1) is 11.4. The lowest BCUT2D eigenvalue weighted by molar-refractivity contribution is 0.310. The van der Waals surface area contributed by atoms with Gasteiger partial charge in [-0.15, -0.1) is 0 Å². The maximum Gasteiger partial charge on any atom is 0.142 e. The molecule has 0 spiro atoms. The Morgan fingerprint density at radius 2 is 1.65 bits per heavy atom. The molecule has 2 aromatic rings. The van der Waals surface area contributed by atoms with E-state index in [0.29, 0.717) is 0 Å². The Bertz CT molecular complexity index is 542. The van der Waals surface area contributed by atoms with Crippen LogP contribution in [0.1, 0.15) is 25.3 Å². The van der Waals surface area contributed by atoms with Crippen molar-refractivity contribution >= 4 is 5.69 Å². The number of para-hydroxylation sites is 2. The Morgan fingerprint density at radius 1 is 0.870 bits per heavy atom. The number of benzene rings is 2. The molecule has 3 heteroatoms. The molecule has 0 fully saturated rings. The molecule has 0 saturated heterocycles. The van der Waals surface area contributed by atoms with Crippen LogP contribution < -0.4 is 15.4 Å². The molecule has 0 atom stereocenters. The maximum atomic E-state index is 5.83. The summed E-state index contributed by atoms with van der Waals surface area (Å²) in [7, 11) is 0. The molecule has 2 N–H and O–H groups in total. The van der Waals surface area contributed by atoms with Gasteiger partial charge in [0.05, 0.1) is 12.3 Å². The molecule has 0 aromatic heterocycles. The van der Waals surface area contributed by atoms with Crippen LogP contribution in [-0.2, 0) is 6.42 Å². The quantitative estimate of drug-likeness (QED) is 0.613. The van der Waals surface area contributed by atoms with Crippen LogP contribution in [0, 0.1) is 0 Å². The molecule has 0 bridgehead atoms. The molecule has 23 heavy (non-hydrogen) atoms. The average Bonchev–Trinajstić information content (AvgIpc) is 2.60. The van der Waals surface area contributed by atoms with E-state index in [1.54, 1.807) is 0 Å². The molecule has 0 aliphatic carbocycles. The van der Waals surface area contributed by atoms with Gasteiger partial charge in [0.15, 0.2) is 0 Å². The minimum absolute atomic E-state index is 0.782. The van der Waals surface area contributed by atoms with Crippen molar-refractivity contribution < 1.29 is 4.74 Å². The fraction of sp³-hybridized carbons (Fsp3) is 0.400. The third kappa shape index (κ3) is 6.74. The fourth-order valence-electron chi connectivity index (χ4n) is 2.35. The van der Waals surface area contributed by atoms with Crippen LogP contribution in [0.3, 0.4) is 0 Å². The lowest BCUT2D eigenvalue weighted by Gasteiger charge is -2.13. The largest absolute Gasteiger partial charge is 0.491 e. The number of rotatable bonds is 11. The molecule has 0 amide bonds. The highest BCUT2D eigenvalue weighted by Gasteiger charge is 2.01. The van der Waals surface area contributed by atoms with Gasteiger partial charge in [-0.1, -0.05) is 55.8 Å². The van der Waals surface area contributed by atoms with Gasteiger partial charge in [-0.05, 0) is 37.1 Å². The van der Waals surface area contributed by atoms with Crippen LogP contribution in [0.15, 0.2) is 54.6 Å². The predicted octanol–water partition coefficient (Wildman–Crippen LogP) is 4.11. The summed E-state index contributed by atoms with van der Waals surface area (Å²) in [5, 5.41) is 6.92. The van der Waals surface area contributed by atoms with Crippen molar-refractivity contribution in [1.29, 1.82) is 0 Å². The summed E-state index contributed by atoms with van der Waals surface area (Å²) >= 11 is 0.